The van der Waals surface area contributed by atoms with Gasteiger partial charge >= 0.3 is 0 Å². The van der Waals surface area contributed by atoms with Crippen LogP contribution in [0.4, 0.5) is 5.69 Å². The van der Waals surface area contributed by atoms with Crippen LogP contribution in [0.3, 0.4) is 0 Å². The molecule has 2 aromatic carbocycles. The van der Waals surface area contributed by atoms with E-state index in [1.807, 2.05) is 55.5 Å². The highest BCUT2D eigenvalue weighted by atomic mass is 32.2. The van der Waals surface area contributed by atoms with Gasteiger partial charge in [0.15, 0.2) is 9.84 Å². The minimum Gasteiger partial charge on any atom is -0.497 e. The Bertz CT molecular complexity index is 974. The van der Waals surface area contributed by atoms with Crippen molar-refractivity contribution in [3.05, 3.63) is 77.2 Å². The molecule has 0 aliphatic carbocycles. The molecule has 1 atom stereocenters. The van der Waals surface area contributed by atoms with Crippen LogP contribution in [0, 0.1) is 6.92 Å². The summed E-state index contributed by atoms with van der Waals surface area (Å²) in [6, 6.07) is 14.2. The first kappa shape index (κ1) is 18.9. The third kappa shape index (κ3) is 4.65. The molecular weight excluding hydrogens is 362 g/mol. The molecule has 6 heteroatoms. The minimum atomic E-state index is -3.28. The zero-order chi connectivity index (χ0) is 19.4. The van der Waals surface area contributed by atoms with E-state index in [4.69, 9.17) is 4.74 Å². The zero-order valence-corrected chi connectivity index (χ0v) is 16.0. The molecule has 0 bridgehead atoms. The zero-order valence-electron chi connectivity index (χ0n) is 15.2. The van der Waals surface area contributed by atoms with Crippen molar-refractivity contribution in [2.45, 2.75) is 13.0 Å². The van der Waals surface area contributed by atoms with Crippen molar-refractivity contribution in [3.8, 4) is 5.75 Å². The molecule has 1 aliphatic rings. The number of carbonyl (C=O) groups excluding carboxylic acids is 1. The van der Waals surface area contributed by atoms with E-state index in [-0.39, 0.29) is 11.7 Å². The summed E-state index contributed by atoms with van der Waals surface area (Å²) in [6.07, 6.45) is 4.73. The van der Waals surface area contributed by atoms with Crippen LogP contribution in [0.1, 0.15) is 11.1 Å². The van der Waals surface area contributed by atoms with Gasteiger partial charge in [-0.3, -0.25) is 4.79 Å². The lowest BCUT2D eigenvalue weighted by Gasteiger charge is -2.26. The quantitative estimate of drug-likeness (QED) is 0.743. The van der Waals surface area contributed by atoms with Gasteiger partial charge in [-0.25, -0.2) is 8.42 Å². The fourth-order valence-corrected chi connectivity index (χ4v) is 4.14. The Balaban J connectivity index is 1.87. The number of aryl methyl sites for hydroxylation is 1. The molecule has 0 radical (unpaired) electrons. The highest BCUT2D eigenvalue weighted by Crippen LogP contribution is 2.24. The first-order chi connectivity index (χ1) is 12.9. The largest absolute Gasteiger partial charge is 0.497 e. The van der Waals surface area contributed by atoms with Crippen LogP contribution < -0.4 is 9.64 Å². The molecule has 3 rings (SSSR count). The molecule has 0 fully saturated rings. The van der Waals surface area contributed by atoms with Crippen LogP contribution in [0.25, 0.3) is 6.08 Å². The predicted octanol–water partition coefficient (Wildman–Crippen LogP) is 3.36. The molecule has 27 heavy (non-hydrogen) atoms. The summed E-state index contributed by atoms with van der Waals surface area (Å²) in [7, 11) is -1.68. The minimum absolute atomic E-state index is 0.108. The second kappa shape index (κ2) is 7.80. The summed E-state index contributed by atoms with van der Waals surface area (Å²) < 4.78 is 28.8. The number of sulfone groups is 1. The van der Waals surface area contributed by atoms with E-state index in [9.17, 15) is 13.2 Å². The van der Waals surface area contributed by atoms with Gasteiger partial charge in [-0.15, -0.1) is 0 Å². The Morgan fingerprint density at radius 1 is 1.11 bits per heavy atom. The Labute approximate surface area is 159 Å². The van der Waals surface area contributed by atoms with Crippen molar-refractivity contribution in [2.24, 2.45) is 0 Å². The average molecular weight is 383 g/mol. The maximum Gasteiger partial charge on any atom is 0.251 e. The van der Waals surface area contributed by atoms with Crippen molar-refractivity contribution >= 4 is 27.5 Å². The number of hydrogen-bond acceptors (Lipinski definition) is 4. The van der Waals surface area contributed by atoms with Gasteiger partial charge in [0.1, 0.15) is 5.75 Å². The number of carbonyl (C=O) groups is 1. The third-order valence-electron chi connectivity index (χ3n) is 4.33. The SMILES string of the molecule is COc1ccc(/C=C\C(=O)N(c2ccc(C)cc2)C2C=CS(=O)(=O)C2)cc1. The molecule has 1 heterocycles. The molecule has 1 unspecified atom stereocenters. The lowest BCUT2D eigenvalue weighted by atomic mass is 10.1. The molecule has 0 spiro atoms. The standard InChI is InChI=1S/C21H21NO4S/c1-16-3-8-18(9-4-16)22(19-13-14-27(24,25)15-19)21(23)12-7-17-5-10-20(26-2)11-6-17/h3-14,19H,15H2,1-2H3/b12-7-. The molecule has 0 N–H and O–H groups in total. The Morgan fingerprint density at radius 2 is 1.78 bits per heavy atom. The maximum absolute atomic E-state index is 12.9. The molecule has 2 aromatic rings. The van der Waals surface area contributed by atoms with Crippen molar-refractivity contribution in [2.75, 3.05) is 17.8 Å². The molecule has 5 nitrogen and oxygen atoms in total. The second-order valence-corrected chi connectivity index (χ2v) is 8.31. The second-order valence-electron chi connectivity index (χ2n) is 6.38. The van der Waals surface area contributed by atoms with E-state index in [0.717, 1.165) is 16.9 Å². The van der Waals surface area contributed by atoms with E-state index in [1.165, 1.54) is 16.4 Å². The van der Waals surface area contributed by atoms with Crippen LogP contribution in [0.2, 0.25) is 0 Å². The van der Waals surface area contributed by atoms with Crippen molar-refractivity contribution in [1.82, 2.24) is 0 Å². The van der Waals surface area contributed by atoms with Gasteiger partial charge in [0.25, 0.3) is 5.91 Å². The van der Waals surface area contributed by atoms with Gasteiger partial charge in [0.2, 0.25) is 0 Å². The van der Waals surface area contributed by atoms with Gasteiger partial charge in [0, 0.05) is 17.2 Å². The Kier molecular flexibility index (Phi) is 5.46. The third-order valence-corrected chi connectivity index (χ3v) is 5.70. The van der Waals surface area contributed by atoms with Crippen molar-refractivity contribution in [3.63, 3.8) is 0 Å². The topological polar surface area (TPSA) is 63.7 Å². The first-order valence-electron chi connectivity index (χ1n) is 8.51. The van der Waals surface area contributed by atoms with E-state index < -0.39 is 15.9 Å². The summed E-state index contributed by atoms with van der Waals surface area (Å²) in [6.45, 7) is 1.96. The number of ether oxygens (including phenoxy) is 1. The number of anilines is 1. The van der Waals surface area contributed by atoms with Crippen LogP contribution in [-0.4, -0.2) is 33.2 Å². The van der Waals surface area contributed by atoms with Gasteiger partial charge in [-0.05, 0) is 48.9 Å². The normalized spacial score (nSPS) is 17.9. The van der Waals surface area contributed by atoms with Crippen LogP contribution in [0.5, 0.6) is 5.75 Å². The summed E-state index contributed by atoms with van der Waals surface area (Å²) >= 11 is 0. The van der Waals surface area contributed by atoms with E-state index in [1.54, 1.807) is 19.3 Å². The molecule has 1 aliphatic heterocycles. The van der Waals surface area contributed by atoms with Gasteiger partial charge in [-0.2, -0.15) is 0 Å². The molecular formula is C21H21NO4S. The fraction of sp³-hybridized carbons (Fsp3) is 0.190. The van der Waals surface area contributed by atoms with Crippen LogP contribution >= 0.6 is 0 Å². The highest BCUT2D eigenvalue weighted by Gasteiger charge is 2.30. The monoisotopic (exact) mass is 383 g/mol. The fourth-order valence-electron chi connectivity index (χ4n) is 2.87. The van der Waals surface area contributed by atoms with Gasteiger partial charge in [-0.1, -0.05) is 29.8 Å². The summed E-state index contributed by atoms with van der Waals surface area (Å²) in [5.74, 6) is 0.352. The van der Waals surface area contributed by atoms with Crippen LogP contribution in [0.15, 0.2) is 66.1 Å². The van der Waals surface area contributed by atoms with Gasteiger partial charge < -0.3 is 9.64 Å². The number of hydrogen-bond donors (Lipinski definition) is 0. The molecule has 0 aromatic heterocycles. The van der Waals surface area contributed by atoms with Crippen molar-refractivity contribution in [1.29, 1.82) is 0 Å². The smallest absolute Gasteiger partial charge is 0.251 e. The summed E-state index contributed by atoms with van der Waals surface area (Å²) in [5, 5.41) is 1.18. The number of amides is 1. The number of rotatable bonds is 5. The van der Waals surface area contributed by atoms with Crippen molar-refractivity contribution < 1.29 is 17.9 Å². The first-order valence-corrected chi connectivity index (χ1v) is 10.2. The number of nitrogens with zero attached hydrogens (tertiary/aromatic N) is 1. The summed E-state index contributed by atoms with van der Waals surface area (Å²) in [5.41, 5.74) is 2.58. The highest BCUT2D eigenvalue weighted by molar-refractivity contribution is 7.94. The molecule has 1 amide bonds. The Hall–Kier alpha value is -2.86. The Morgan fingerprint density at radius 3 is 2.33 bits per heavy atom. The maximum atomic E-state index is 12.9. The van der Waals surface area contributed by atoms with E-state index >= 15 is 0 Å². The van der Waals surface area contributed by atoms with E-state index in [2.05, 4.69) is 0 Å². The summed E-state index contributed by atoms with van der Waals surface area (Å²) in [4.78, 5) is 14.4. The van der Waals surface area contributed by atoms with Crippen LogP contribution in [-0.2, 0) is 14.6 Å². The lowest BCUT2D eigenvalue weighted by Crippen LogP contribution is -2.40. The van der Waals surface area contributed by atoms with Gasteiger partial charge in [0.05, 0.1) is 18.9 Å². The molecule has 0 saturated carbocycles. The number of benzene rings is 2. The predicted molar refractivity (Wildman–Crippen MR) is 107 cm³/mol. The lowest BCUT2D eigenvalue weighted by molar-refractivity contribution is -0.114. The van der Waals surface area contributed by atoms with E-state index in [0.29, 0.717) is 5.69 Å². The number of methoxy groups -OCH3 is 1. The molecule has 0 saturated heterocycles. The average Bonchev–Trinajstić information content (AvgIpc) is 3.01. The molecule has 140 valence electrons.